The maximum atomic E-state index is 11.3. The number of hydrogen-bond acceptors (Lipinski definition) is 6. The van der Waals surface area contributed by atoms with Crippen LogP contribution >= 0.6 is 0 Å². The Morgan fingerprint density at radius 1 is 1.24 bits per heavy atom. The fourth-order valence-electron chi connectivity index (χ4n) is 5.02. The van der Waals surface area contributed by atoms with Gasteiger partial charge in [-0.2, -0.15) is 0 Å². The lowest BCUT2D eigenvalue weighted by Crippen LogP contribution is -2.46. The molecule has 1 aliphatic heterocycles. The van der Waals surface area contributed by atoms with E-state index in [2.05, 4.69) is 31.3 Å². The average Bonchev–Trinajstić information content (AvgIpc) is 3.12. The topological polar surface area (TPSA) is 101 Å². The quantitative estimate of drug-likeness (QED) is 0.415. The van der Waals surface area contributed by atoms with Crippen LogP contribution in [0.15, 0.2) is 53.1 Å². The first-order valence-electron chi connectivity index (χ1n) is 11.8. The maximum absolute atomic E-state index is 11.3. The first kappa shape index (κ1) is 22.9. The summed E-state index contributed by atoms with van der Waals surface area (Å²) in [6, 6.07) is 13.9. The second-order valence-electron chi connectivity index (χ2n) is 10.1. The van der Waals surface area contributed by atoms with Crippen molar-refractivity contribution >= 4 is 16.9 Å². The fourth-order valence-corrected chi connectivity index (χ4v) is 5.02. The zero-order valence-corrected chi connectivity index (χ0v) is 19.7. The molecule has 180 valence electrons. The molecule has 0 spiro atoms. The van der Waals surface area contributed by atoms with Crippen LogP contribution < -0.4 is 10.1 Å². The van der Waals surface area contributed by atoms with Gasteiger partial charge in [0.1, 0.15) is 23.4 Å². The molecule has 2 aliphatic rings. The number of aliphatic hydroxyl groups is 1. The number of fused-ring (bicyclic) bond motifs is 4. The summed E-state index contributed by atoms with van der Waals surface area (Å²) in [5.41, 5.74) is 3.71. The third-order valence-corrected chi connectivity index (χ3v) is 6.88. The van der Waals surface area contributed by atoms with Gasteiger partial charge in [-0.25, -0.2) is 0 Å². The van der Waals surface area contributed by atoms with Gasteiger partial charge in [0, 0.05) is 34.5 Å². The smallest absolute Gasteiger partial charge is 0.311 e. The molecule has 1 unspecified atom stereocenters. The molecule has 7 heteroatoms. The number of benzene rings is 2. The SMILES string of the molecule is C[C@@H](OCC(O)CNC(C)(C)Cc1ccc2occc2c1)c1cccc2c1O[C@@H]1[C@@H](C(=O)O)[C@H]21. The van der Waals surface area contributed by atoms with Crippen LogP contribution in [0.4, 0.5) is 0 Å². The molecule has 0 bridgehead atoms. The summed E-state index contributed by atoms with van der Waals surface area (Å²) in [6.07, 6.45) is 1.29. The van der Waals surface area contributed by atoms with Crippen LogP contribution in [0.2, 0.25) is 0 Å². The van der Waals surface area contributed by atoms with Gasteiger partial charge >= 0.3 is 5.97 Å². The predicted molar refractivity (Wildman–Crippen MR) is 127 cm³/mol. The third kappa shape index (κ3) is 4.43. The van der Waals surface area contributed by atoms with Gasteiger partial charge in [-0.05, 0) is 51.0 Å². The first-order chi connectivity index (χ1) is 16.2. The molecule has 34 heavy (non-hydrogen) atoms. The molecule has 1 aliphatic carbocycles. The lowest BCUT2D eigenvalue weighted by atomic mass is 9.94. The number of aliphatic carboxylic acids is 1. The van der Waals surface area contributed by atoms with Crippen molar-refractivity contribution in [1.29, 1.82) is 0 Å². The van der Waals surface area contributed by atoms with Crippen LogP contribution in [0.3, 0.4) is 0 Å². The van der Waals surface area contributed by atoms with Crippen LogP contribution in [0.5, 0.6) is 5.75 Å². The Bertz CT molecular complexity index is 1200. The largest absolute Gasteiger partial charge is 0.488 e. The van der Waals surface area contributed by atoms with Crippen molar-refractivity contribution < 1.29 is 28.9 Å². The molecular formula is C27H31NO6. The molecule has 7 nitrogen and oxygen atoms in total. The summed E-state index contributed by atoms with van der Waals surface area (Å²) in [5.74, 6) is -0.579. The van der Waals surface area contributed by atoms with E-state index in [1.807, 2.05) is 37.3 Å². The number of carbonyl (C=O) groups is 1. The second-order valence-corrected chi connectivity index (χ2v) is 10.1. The van der Waals surface area contributed by atoms with Gasteiger partial charge in [-0.3, -0.25) is 4.79 Å². The van der Waals surface area contributed by atoms with Gasteiger partial charge in [0.25, 0.3) is 0 Å². The Labute approximate surface area is 198 Å². The number of carboxylic acid groups (broad SMARTS) is 1. The number of aliphatic hydroxyl groups excluding tert-OH is 1. The second kappa shape index (κ2) is 8.73. The number of carboxylic acids is 1. The fraction of sp³-hybridized carbons (Fsp3) is 0.444. The normalized spacial score (nSPS) is 22.6. The number of rotatable bonds is 10. The molecule has 0 saturated heterocycles. The molecule has 3 N–H and O–H groups in total. The Balaban J connectivity index is 1.12. The number of β-amino-alcohol motifs (C(OH)–C–C–N with tert-alkyl or cyclic N) is 1. The third-order valence-electron chi connectivity index (χ3n) is 6.88. The van der Waals surface area contributed by atoms with E-state index < -0.39 is 18.0 Å². The van der Waals surface area contributed by atoms with E-state index >= 15 is 0 Å². The summed E-state index contributed by atoms with van der Waals surface area (Å²) >= 11 is 0. The van der Waals surface area contributed by atoms with Crippen LogP contribution in [-0.4, -0.2) is 47.1 Å². The molecule has 2 aromatic carbocycles. The minimum atomic E-state index is -0.809. The van der Waals surface area contributed by atoms with Crippen molar-refractivity contribution in [2.45, 2.75) is 57.0 Å². The summed E-state index contributed by atoms with van der Waals surface area (Å²) in [4.78, 5) is 11.3. The van der Waals surface area contributed by atoms with Crippen molar-refractivity contribution in [3.63, 3.8) is 0 Å². The highest BCUT2D eigenvalue weighted by Gasteiger charge is 2.63. The Morgan fingerprint density at radius 2 is 2.06 bits per heavy atom. The molecule has 5 atom stereocenters. The summed E-state index contributed by atoms with van der Waals surface area (Å²) < 4.78 is 17.3. The standard InChI is InChI=1S/C27H31NO6/c1-15(19-5-4-6-20-22-23(26(30)31)25(22)34-24(19)20)33-14-18(29)13-28-27(2,3)12-16-7-8-21-17(11-16)9-10-32-21/h4-11,15,18,22-23,25,28-29H,12-14H2,1-3H3,(H,30,31)/t15-,18?,22+,23+,25+/m1/s1. The van der Waals surface area contributed by atoms with Crippen molar-refractivity contribution in [3.8, 4) is 5.75 Å². The Morgan fingerprint density at radius 3 is 2.85 bits per heavy atom. The van der Waals surface area contributed by atoms with Crippen LogP contribution in [-0.2, 0) is 16.0 Å². The van der Waals surface area contributed by atoms with Crippen LogP contribution in [0, 0.1) is 5.92 Å². The van der Waals surface area contributed by atoms with Crippen molar-refractivity contribution in [2.24, 2.45) is 5.92 Å². The lowest BCUT2D eigenvalue weighted by Gasteiger charge is -2.28. The number of nitrogens with one attached hydrogen (secondary N) is 1. The monoisotopic (exact) mass is 465 g/mol. The Kier molecular flexibility index (Phi) is 5.88. The summed E-state index contributed by atoms with van der Waals surface area (Å²) in [6.45, 7) is 6.74. The van der Waals surface area contributed by atoms with Crippen LogP contribution in [0.1, 0.15) is 49.5 Å². The molecule has 3 aromatic rings. The number of furan rings is 1. The van der Waals surface area contributed by atoms with Gasteiger partial charge in [-0.15, -0.1) is 0 Å². The zero-order valence-electron chi connectivity index (χ0n) is 19.7. The van der Waals surface area contributed by atoms with Crippen LogP contribution in [0.25, 0.3) is 11.0 Å². The first-order valence-corrected chi connectivity index (χ1v) is 11.8. The van der Waals surface area contributed by atoms with Crippen molar-refractivity contribution in [3.05, 3.63) is 65.4 Å². The molecule has 5 rings (SSSR count). The minimum absolute atomic E-state index is 0.0640. The molecule has 1 fully saturated rings. The molecular weight excluding hydrogens is 434 g/mol. The van der Waals surface area contributed by atoms with E-state index in [1.165, 1.54) is 5.56 Å². The minimum Gasteiger partial charge on any atom is -0.488 e. The van der Waals surface area contributed by atoms with Gasteiger partial charge in [0.05, 0.1) is 25.1 Å². The number of para-hydroxylation sites is 1. The average molecular weight is 466 g/mol. The summed E-state index contributed by atoms with van der Waals surface area (Å²) in [7, 11) is 0. The highest BCUT2D eigenvalue weighted by molar-refractivity contribution is 5.79. The van der Waals surface area contributed by atoms with Gasteiger partial charge < -0.3 is 29.4 Å². The van der Waals surface area contributed by atoms with Gasteiger partial charge in [-0.1, -0.05) is 24.3 Å². The van der Waals surface area contributed by atoms with E-state index in [-0.39, 0.29) is 30.3 Å². The number of ether oxygens (including phenoxy) is 2. The molecule has 1 saturated carbocycles. The highest BCUT2D eigenvalue weighted by Crippen LogP contribution is 2.59. The lowest BCUT2D eigenvalue weighted by molar-refractivity contribution is -0.139. The molecule has 0 radical (unpaired) electrons. The maximum Gasteiger partial charge on any atom is 0.311 e. The highest BCUT2D eigenvalue weighted by atomic mass is 16.5. The van der Waals surface area contributed by atoms with E-state index in [0.717, 1.165) is 34.3 Å². The predicted octanol–water partition coefficient (Wildman–Crippen LogP) is 4.04. The van der Waals surface area contributed by atoms with Gasteiger partial charge in [0.2, 0.25) is 0 Å². The summed E-state index contributed by atoms with van der Waals surface area (Å²) in [5, 5.41) is 24.4. The van der Waals surface area contributed by atoms with E-state index in [1.54, 1.807) is 6.26 Å². The number of hydrogen-bond donors (Lipinski definition) is 3. The molecule has 0 amide bonds. The van der Waals surface area contributed by atoms with Crippen molar-refractivity contribution in [2.75, 3.05) is 13.2 Å². The van der Waals surface area contributed by atoms with Gasteiger partial charge in [0.15, 0.2) is 0 Å². The van der Waals surface area contributed by atoms with E-state index in [0.29, 0.717) is 6.54 Å². The molecule has 2 heterocycles. The van der Waals surface area contributed by atoms with E-state index in [4.69, 9.17) is 13.9 Å². The van der Waals surface area contributed by atoms with E-state index in [9.17, 15) is 15.0 Å². The molecule has 1 aromatic heterocycles. The zero-order chi connectivity index (χ0) is 24.0. The Hall–Kier alpha value is -2.87. The van der Waals surface area contributed by atoms with Crippen molar-refractivity contribution in [1.82, 2.24) is 5.32 Å².